The molecule has 0 fully saturated rings. The molecule has 2 heterocycles. The fourth-order valence-electron chi connectivity index (χ4n) is 4.37. The monoisotopic (exact) mass is 466 g/mol. The summed E-state index contributed by atoms with van der Waals surface area (Å²) in [6.45, 7) is 4.20. The molecule has 0 aliphatic heterocycles. The van der Waals surface area contributed by atoms with Crippen LogP contribution in [0.5, 0.6) is 0 Å². The number of carboxylic acid groups (broad SMARTS) is 1. The zero-order valence-corrected chi connectivity index (χ0v) is 21.7. The van der Waals surface area contributed by atoms with Gasteiger partial charge >= 0.3 is 29.6 Å². The number of rotatable bonds is 8. The van der Waals surface area contributed by atoms with Gasteiger partial charge in [-0.05, 0) is 11.5 Å². The summed E-state index contributed by atoms with van der Waals surface area (Å²) in [6.07, 6.45) is 2.55. The molecule has 0 bridgehead atoms. The first-order chi connectivity index (χ1) is 15.9. The first-order valence-electron chi connectivity index (χ1n) is 11.1. The van der Waals surface area contributed by atoms with Crippen molar-refractivity contribution in [3.63, 3.8) is 0 Å². The predicted molar refractivity (Wildman–Crippen MR) is 128 cm³/mol. The van der Waals surface area contributed by atoms with E-state index in [0.29, 0.717) is 0 Å². The zero-order valence-electron chi connectivity index (χ0n) is 19.7. The van der Waals surface area contributed by atoms with Gasteiger partial charge in [-0.2, -0.15) is 5.10 Å². The van der Waals surface area contributed by atoms with E-state index in [4.69, 9.17) is 5.10 Å². The number of aliphatic carboxylic acids is 1. The van der Waals surface area contributed by atoms with Gasteiger partial charge in [-0.3, -0.25) is 0 Å². The number of aromatic nitrogens is 2. The third-order valence-corrected chi connectivity index (χ3v) is 5.76. The van der Waals surface area contributed by atoms with Crippen molar-refractivity contribution < 1.29 is 49.7 Å². The summed E-state index contributed by atoms with van der Waals surface area (Å²) >= 11 is 0. The summed E-state index contributed by atoms with van der Waals surface area (Å²) in [4.78, 5) is 10.7. The standard InChI is InChI=1S/C27H28N2O4.Na/c1-17(2)26-23(13-12-20(30)14-21(31)15-24(32)33)25(18-8-4-3-5-9-18)27-22-11-7-6-10-19(22)16-28-29(26)27;/h3-13,16-17,20-21,30-31H,14-15H2,1-2H3,(H,32,33);/q;+1/p-1/b13-12+;. The largest absolute Gasteiger partial charge is 1.00 e. The maximum absolute atomic E-state index is 10.7. The molecule has 0 saturated carbocycles. The van der Waals surface area contributed by atoms with Crippen LogP contribution in [0.3, 0.4) is 0 Å². The molecular formula is C27H27N2NaO4. The third-order valence-electron chi connectivity index (χ3n) is 5.76. The molecule has 0 spiro atoms. The van der Waals surface area contributed by atoms with Gasteiger partial charge in [0.25, 0.3) is 0 Å². The van der Waals surface area contributed by atoms with Crippen LogP contribution in [0.2, 0.25) is 0 Å². The normalized spacial score (nSPS) is 13.4. The Morgan fingerprint density at radius 2 is 1.76 bits per heavy atom. The van der Waals surface area contributed by atoms with Gasteiger partial charge in [0.2, 0.25) is 0 Å². The number of carboxylic acids is 1. The second-order valence-electron chi connectivity index (χ2n) is 8.58. The SMILES string of the molecule is CC(C)c1c(/C=C/C(O)CC(O)CC(=O)[O-])c(-c2ccccc2)c2c3ccccc3cnn12.[Na+]. The summed E-state index contributed by atoms with van der Waals surface area (Å²) in [5.74, 6) is -1.20. The predicted octanol–water partition coefficient (Wildman–Crippen LogP) is 0.547. The maximum atomic E-state index is 10.7. The van der Waals surface area contributed by atoms with Gasteiger partial charge in [0.05, 0.1) is 29.6 Å². The minimum atomic E-state index is -1.34. The topological polar surface area (TPSA) is 97.9 Å². The Morgan fingerprint density at radius 1 is 1.09 bits per heavy atom. The molecule has 170 valence electrons. The molecule has 2 unspecified atom stereocenters. The summed E-state index contributed by atoms with van der Waals surface area (Å²) in [5.41, 5.74) is 4.99. The van der Waals surface area contributed by atoms with E-state index in [9.17, 15) is 20.1 Å². The minimum Gasteiger partial charge on any atom is -0.550 e. The molecular weight excluding hydrogens is 439 g/mol. The maximum Gasteiger partial charge on any atom is 1.00 e. The van der Waals surface area contributed by atoms with Gasteiger partial charge in [-0.1, -0.05) is 80.6 Å². The van der Waals surface area contributed by atoms with E-state index in [2.05, 4.69) is 32.0 Å². The summed E-state index contributed by atoms with van der Waals surface area (Å²) in [6, 6.07) is 18.2. The Morgan fingerprint density at radius 3 is 2.44 bits per heavy atom. The first kappa shape index (κ1) is 26.1. The molecule has 0 aliphatic rings. The van der Waals surface area contributed by atoms with E-state index in [1.807, 2.05) is 53.2 Å². The Bertz CT molecular complexity index is 1310. The van der Waals surface area contributed by atoms with Crippen LogP contribution in [0.15, 0.2) is 66.9 Å². The van der Waals surface area contributed by atoms with Gasteiger partial charge in [0.1, 0.15) is 0 Å². The van der Waals surface area contributed by atoms with Crippen LogP contribution in [0.4, 0.5) is 0 Å². The average molecular weight is 467 g/mol. The van der Waals surface area contributed by atoms with Gasteiger partial charge in [-0.15, -0.1) is 0 Å². The van der Waals surface area contributed by atoms with E-state index in [1.54, 1.807) is 6.08 Å². The fourth-order valence-corrected chi connectivity index (χ4v) is 4.37. The smallest absolute Gasteiger partial charge is 0.550 e. The van der Waals surface area contributed by atoms with Crippen molar-refractivity contribution in [3.8, 4) is 11.1 Å². The number of aliphatic hydroxyl groups excluding tert-OH is 2. The van der Waals surface area contributed by atoms with E-state index in [1.165, 1.54) is 0 Å². The molecule has 0 aliphatic carbocycles. The average Bonchev–Trinajstić information content (AvgIpc) is 3.12. The van der Waals surface area contributed by atoms with Crippen LogP contribution >= 0.6 is 0 Å². The van der Waals surface area contributed by atoms with Crippen molar-refractivity contribution in [2.45, 2.75) is 44.8 Å². The molecule has 34 heavy (non-hydrogen) atoms. The van der Waals surface area contributed by atoms with Crippen LogP contribution in [0, 0.1) is 0 Å². The van der Waals surface area contributed by atoms with Crippen molar-refractivity contribution in [2.75, 3.05) is 0 Å². The van der Waals surface area contributed by atoms with Gasteiger partial charge < -0.3 is 20.1 Å². The molecule has 2 aromatic carbocycles. The van der Waals surface area contributed by atoms with Crippen molar-refractivity contribution in [1.82, 2.24) is 9.61 Å². The van der Waals surface area contributed by atoms with Crippen molar-refractivity contribution in [3.05, 3.63) is 78.1 Å². The molecule has 2 atom stereocenters. The van der Waals surface area contributed by atoms with Crippen molar-refractivity contribution in [2.24, 2.45) is 0 Å². The number of carbonyl (C=O) groups excluding carboxylic acids is 1. The molecule has 4 rings (SSSR count). The molecule has 0 amide bonds. The second kappa shape index (κ2) is 11.3. The van der Waals surface area contributed by atoms with Crippen molar-refractivity contribution in [1.29, 1.82) is 0 Å². The summed E-state index contributed by atoms with van der Waals surface area (Å²) in [7, 11) is 0. The van der Waals surface area contributed by atoms with Crippen LogP contribution in [-0.2, 0) is 4.79 Å². The molecule has 6 nitrogen and oxygen atoms in total. The molecule has 7 heteroatoms. The second-order valence-corrected chi connectivity index (χ2v) is 8.58. The van der Waals surface area contributed by atoms with Crippen LogP contribution in [0.1, 0.15) is 43.9 Å². The number of carbonyl (C=O) groups is 1. The number of fused-ring (bicyclic) bond motifs is 3. The minimum absolute atomic E-state index is 0. The van der Waals surface area contributed by atoms with Crippen LogP contribution in [-0.4, -0.2) is 38.0 Å². The number of aliphatic hydroxyl groups is 2. The number of hydrogen-bond donors (Lipinski definition) is 2. The summed E-state index contributed by atoms with van der Waals surface area (Å²) < 4.78 is 1.98. The first-order valence-corrected chi connectivity index (χ1v) is 11.1. The summed E-state index contributed by atoms with van der Waals surface area (Å²) in [5, 5.41) is 37.9. The number of nitrogens with zero attached hydrogens (tertiary/aromatic N) is 2. The molecule has 0 radical (unpaired) electrons. The van der Waals surface area contributed by atoms with Crippen molar-refractivity contribution >= 4 is 28.3 Å². The Balaban J connectivity index is 0.00000324. The molecule has 2 aromatic heterocycles. The van der Waals surface area contributed by atoms with E-state index in [-0.39, 0.29) is 41.9 Å². The van der Waals surface area contributed by atoms with Gasteiger partial charge in [-0.25, -0.2) is 4.52 Å². The quantitative estimate of drug-likeness (QED) is 0.370. The fraction of sp³-hybridized carbons (Fsp3) is 0.259. The Hall–Kier alpha value is -2.48. The number of hydrogen-bond acceptors (Lipinski definition) is 5. The Kier molecular flexibility index (Phi) is 8.68. The van der Waals surface area contributed by atoms with E-state index < -0.39 is 24.6 Å². The van der Waals surface area contributed by atoms with Gasteiger partial charge in [0, 0.05) is 40.7 Å². The van der Waals surface area contributed by atoms with Gasteiger partial charge in [0.15, 0.2) is 0 Å². The van der Waals surface area contributed by atoms with Crippen LogP contribution < -0.4 is 34.7 Å². The molecule has 4 aromatic rings. The molecule has 2 N–H and O–H groups in total. The zero-order chi connectivity index (χ0) is 23.5. The van der Waals surface area contributed by atoms with Crippen LogP contribution in [0.25, 0.3) is 33.5 Å². The molecule has 0 saturated heterocycles. The third kappa shape index (κ3) is 5.43. The Labute approximate surface area is 220 Å². The van der Waals surface area contributed by atoms with E-state index in [0.717, 1.165) is 38.7 Å². The number of benzene rings is 2. The van der Waals surface area contributed by atoms with E-state index >= 15 is 0 Å².